The lowest BCUT2D eigenvalue weighted by Gasteiger charge is -2.48. The summed E-state index contributed by atoms with van der Waals surface area (Å²) in [4.78, 5) is 20.9. The summed E-state index contributed by atoms with van der Waals surface area (Å²) in [5, 5.41) is 3.17. The first-order chi connectivity index (χ1) is 18.1. The predicted molar refractivity (Wildman–Crippen MR) is 149 cm³/mol. The van der Waals surface area contributed by atoms with E-state index < -0.39 is 5.54 Å². The second-order valence-electron chi connectivity index (χ2n) is 11.6. The highest BCUT2D eigenvalue weighted by atomic mass is 16.2. The molecule has 0 spiro atoms. The number of nitrogens with one attached hydrogen (secondary N) is 1. The second kappa shape index (κ2) is 10.2. The van der Waals surface area contributed by atoms with Crippen LogP contribution < -0.4 is 11.1 Å². The zero-order valence-corrected chi connectivity index (χ0v) is 22.0. The van der Waals surface area contributed by atoms with Crippen molar-refractivity contribution in [3.8, 4) is 0 Å². The van der Waals surface area contributed by atoms with Gasteiger partial charge in [-0.05, 0) is 56.2 Å². The Morgan fingerprint density at radius 1 is 0.838 bits per heavy atom. The fourth-order valence-electron chi connectivity index (χ4n) is 7.36. The molecule has 6 nitrogen and oxygen atoms in total. The molecule has 3 fully saturated rings. The number of nitrogens with two attached hydrogens (primary N) is 1. The number of fused-ring (bicyclic) bond motifs is 1. The van der Waals surface area contributed by atoms with Crippen molar-refractivity contribution < 1.29 is 4.79 Å². The maximum absolute atomic E-state index is 13.2. The summed E-state index contributed by atoms with van der Waals surface area (Å²) in [5.74, 6) is 0.578. The molecule has 37 heavy (non-hydrogen) atoms. The quantitative estimate of drug-likeness (QED) is 0.414. The smallest absolute Gasteiger partial charge is 0.246 e. The second-order valence-corrected chi connectivity index (χ2v) is 11.6. The molecule has 0 unspecified atom stereocenters. The van der Waals surface area contributed by atoms with Gasteiger partial charge in [0, 0.05) is 24.7 Å². The summed E-state index contributed by atoms with van der Waals surface area (Å²) >= 11 is 0. The van der Waals surface area contributed by atoms with Crippen molar-refractivity contribution in [1.29, 1.82) is 0 Å². The zero-order valence-electron chi connectivity index (χ0n) is 22.0. The van der Waals surface area contributed by atoms with Gasteiger partial charge in [0.1, 0.15) is 0 Å². The molecule has 1 aliphatic heterocycles. The van der Waals surface area contributed by atoms with E-state index in [4.69, 9.17) is 10.7 Å². The number of hydrogen-bond donors (Lipinski definition) is 2. The highest BCUT2D eigenvalue weighted by molar-refractivity contribution is 5.98. The lowest BCUT2D eigenvalue weighted by molar-refractivity contribution is -0.121. The number of nitrogens with zero attached hydrogens (tertiary/aromatic N) is 3. The monoisotopic (exact) mass is 499 g/mol. The zero-order chi connectivity index (χ0) is 25.3. The SMILES string of the molecule is NC1(C(=O)Nc2nc3ccccc3n2C2CCN(C3(c4ccccc4)CCCCCC3)CC2)CCCC1. The molecule has 2 saturated carbocycles. The Balaban J connectivity index is 1.27. The molecule has 1 saturated heterocycles. The summed E-state index contributed by atoms with van der Waals surface area (Å²) in [6.45, 7) is 2.11. The maximum atomic E-state index is 13.2. The van der Waals surface area contributed by atoms with Crippen molar-refractivity contribution in [3.63, 3.8) is 0 Å². The molecule has 2 aliphatic carbocycles. The molecule has 2 aromatic carbocycles. The third-order valence-electron chi connectivity index (χ3n) is 9.45. The van der Waals surface area contributed by atoms with Crippen LogP contribution in [0, 0.1) is 0 Å². The highest BCUT2D eigenvalue weighted by Gasteiger charge is 2.41. The van der Waals surface area contributed by atoms with Crippen LogP contribution in [0.15, 0.2) is 54.6 Å². The largest absolute Gasteiger partial charge is 0.317 e. The Morgan fingerprint density at radius 2 is 1.46 bits per heavy atom. The number of hydrogen-bond acceptors (Lipinski definition) is 4. The first-order valence-corrected chi connectivity index (χ1v) is 14.5. The van der Waals surface area contributed by atoms with Gasteiger partial charge in [0.15, 0.2) is 0 Å². The van der Waals surface area contributed by atoms with Crippen LogP contribution in [0.25, 0.3) is 11.0 Å². The number of anilines is 1. The van der Waals surface area contributed by atoms with Gasteiger partial charge < -0.3 is 10.3 Å². The summed E-state index contributed by atoms with van der Waals surface area (Å²) in [7, 11) is 0. The van der Waals surface area contributed by atoms with E-state index in [0.717, 1.165) is 62.6 Å². The van der Waals surface area contributed by atoms with Gasteiger partial charge in [0.25, 0.3) is 0 Å². The Kier molecular flexibility index (Phi) is 6.80. The minimum absolute atomic E-state index is 0.0829. The van der Waals surface area contributed by atoms with Crippen LogP contribution >= 0.6 is 0 Å². The molecule has 3 N–H and O–H groups in total. The van der Waals surface area contributed by atoms with Crippen molar-refractivity contribution in [2.24, 2.45) is 5.73 Å². The lowest BCUT2D eigenvalue weighted by atomic mass is 9.79. The van der Waals surface area contributed by atoms with Crippen molar-refractivity contribution in [1.82, 2.24) is 14.5 Å². The molecule has 1 amide bonds. The summed E-state index contributed by atoms with van der Waals surface area (Å²) in [5.41, 5.74) is 9.39. The number of rotatable bonds is 5. The third-order valence-corrected chi connectivity index (χ3v) is 9.45. The van der Waals surface area contributed by atoms with Crippen LogP contribution in [0.2, 0.25) is 0 Å². The molecule has 3 aromatic rings. The fraction of sp³-hybridized carbons (Fsp3) is 0.548. The normalized spacial score (nSPS) is 22.6. The Hall–Kier alpha value is -2.70. The molecule has 0 atom stereocenters. The number of para-hydroxylation sites is 2. The lowest BCUT2D eigenvalue weighted by Crippen LogP contribution is -2.50. The van der Waals surface area contributed by atoms with Crippen molar-refractivity contribution in [2.75, 3.05) is 18.4 Å². The summed E-state index contributed by atoms with van der Waals surface area (Å²) < 4.78 is 2.30. The highest BCUT2D eigenvalue weighted by Crippen LogP contribution is 2.44. The van der Waals surface area contributed by atoms with Crippen LogP contribution in [0.4, 0.5) is 5.95 Å². The average Bonchev–Trinajstić information content (AvgIpc) is 3.45. The minimum Gasteiger partial charge on any atom is -0.317 e. The predicted octanol–water partition coefficient (Wildman–Crippen LogP) is 6.13. The van der Waals surface area contributed by atoms with Gasteiger partial charge in [-0.2, -0.15) is 0 Å². The molecular weight excluding hydrogens is 458 g/mol. The Labute approximate surface area is 220 Å². The topological polar surface area (TPSA) is 76.2 Å². The van der Waals surface area contributed by atoms with Crippen LogP contribution in [0.1, 0.15) is 88.7 Å². The van der Waals surface area contributed by atoms with Crippen LogP contribution in [0.5, 0.6) is 0 Å². The third kappa shape index (κ3) is 4.59. The van der Waals surface area contributed by atoms with E-state index in [2.05, 4.69) is 57.2 Å². The van der Waals surface area contributed by atoms with Crippen molar-refractivity contribution >= 4 is 22.9 Å². The van der Waals surface area contributed by atoms with Gasteiger partial charge in [-0.1, -0.05) is 81.0 Å². The van der Waals surface area contributed by atoms with Crippen molar-refractivity contribution in [2.45, 2.75) is 94.2 Å². The summed E-state index contributed by atoms with van der Waals surface area (Å²) in [6.07, 6.45) is 13.4. The number of carbonyl (C=O) groups excluding carboxylic acids is 1. The Bertz CT molecular complexity index is 1210. The molecule has 6 heteroatoms. The minimum atomic E-state index is -0.770. The van der Waals surface area contributed by atoms with E-state index in [1.165, 1.54) is 44.1 Å². The van der Waals surface area contributed by atoms with E-state index >= 15 is 0 Å². The van der Waals surface area contributed by atoms with Gasteiger partial charge >= 0.3 is 0 Å². The van der Waals surface area contributed by atoms with Gasteiger partial charge in [0.05, 0.1) is 16.6 Å². The number of imidazole rings is 1. The number of aromatic nitrogens is 2. The molecule has 6 rings (SSSR count). The summed E-state index contributed by atoms with van der Waals surface area (Å²) in [6, 6.07) is 19.8. The molecule has 3 aliphatic rings. The number of likely N-dealkylation sites (tertiary alicyclic amines) is 1. The average molecular weight is 500 g/mol. The van der Waals surface area contributed by atoms with E-state index in [9.17, 15) is 4.79 Å². The van der Waals surface area contributed by atoms with Gasteiger partial charge in [-0.25, -0.2) is 4.98 Å². The molecule has 0 radical (unpaired) electrons. The van der Waals surface area contributed by atoms with Crippen LogP contribution in [0.3, 0.4) is 0 Å². The van der Waals surface area contributed by atoms with Crippen molar-refractivity contribution in [3.05, 3.63) is 60.2 Å². The van der Waals surface area contributed by atoms with Crippen LogP contribution in [-0.4, -0.2) is 39.0 Å². The van der Waals surface area contributed by atoms with E-state index in [1.54, 1.807) is 0 Å². The molecule has 196 valence electrons. The Morgan fingerprint density at radius 3 is 2.16 bits per heavy atom. The first kappa shape index (κ1) is 24.6. The van der Waals surface area contributed by atoms with Gasteiger partial charge in [-0.3, -0.25) is 15.0 Å². The van der Waals surface area contributed by atoms with Gasteiger partial charge in [-0.15, -0.1) is 0 Å². The van der Waals surface area contributed by atoms with E-state index in [1.807, 2.05) is 12.1 Å². The maximum Gasteiger partial charge on any atom is 0.246 e. The number of benzene rings is 2. The molecular formula is C31H41N5O. The fourth-order valence-corrected chi connectivity index (χ4v) is 7.36. The molecule has 2 heterocycles. The molecule has 0 bridgehead atoms. The number of piperidine rings is 1. The van der Waals surface area contributed by atoms with E-state index in [0.29, 0.717) is 12.0 Å². The van der Waals surface area contributed by atoms with Gasteiger partial charge in [0.2, 0.25) is 11.9 Å². The van der Waals surface area contributed by atoms with E-state index in [-0.39, 0.29) is 11.4 Å². The first-order valence-electron chi connectivity index (χ1n) is 14.5. The number of carbonyl (C=O) groups is 1. The number of amides is 1. The standard InChI is InChI=1S/C31H41N5O/c32-30(18-10-11-19-30)28(37)34-29-33-26-14-6-7-15-27(26)36(29)25-16-22-35(23-17-25)31(20-8-1-2-9-21-31)24-12-4-3-5-13-24/h3-7,12-15,25H,1-2,8-11,16-23,32H2,(H,33,34,37). The van der Waals surface area contributed by atoms with Crippen LogP contribution in [-0.2, 0) is 10.3 Å². The molecule has 1 aromatic heterocycles.